The molecule has 0 saturated carbocycles. The Hall–Kier alpha value is -6.90. The van der Waals surface area contributed by atoms with Gasteiger partial charge in [0.2, 0.25) is 0 Å². The maximum atomic E-state index is 13.6. The molecule has 8 rings (SSSR count). The topological polar surface area (TPSA) is 91.9 Å². The normalized spacial score (nSPS) is 10.9. The fourth-order valence-corrected chi connectivity index (χ4v) is 8.04. The second-order valence-electron chi connectivity index (χ2n) is 14.9. The van der Waals surface area contributed by atoms with Crippen LogP contribution in [-0.2, 0) is 18.0 Å². The van der Waals surface area contributed by atoms with E-state index in [0.29, 0.717) is 40.5 Å². The van der Waals surface area contributed by atoms with Crippen molar-refractivity contribution < 1.29 is 46.5 Å². The van der Waals surface area contributed by atoms with Gasteiger partial charge in [-0.15, -0.1) is 0 Å². The molecule has 336 valence electrons. The van der Waals surface area contributed by atoms with E-state index in [4.69, 9.17) is 14.2 Å². The van der Waals surface area contributed by atoms with Crippen LogP contribution in [0.1, 0.15) is 50.2 Å². The number of halogens is 6. The number of carboxylic acids is 1. The fraction of sp³-hybridized carbons (Fsp3) is 0.115. The summed E-state index contributed by atoms with van der Waals surface area (Å²) in [6.45, 7) is 5.94. The molecule has 0 saturated heterocycles. The highest BCUT2D eigenvalue weighted by Crippen LogP contribution is 2.38. The first kappa shape index (κ1) is 47.1. The van der Waals surface area contributed by atoms with Gasteiger partial charge in [0.15, 0.2) is 0 Å². The summed E-state index contributed by atoms with van der Waals surface area (Å²) in [5.74, 6) is -2.96. The number of aromatic carboxylic acids is 1. The lowest BCUT2D eigenvalue weighted by Crippen LogP contribution is -2.07. The number of carboxylic acid groups (broad SMARTS) is 1. The van der Waals surface area contributed by atoms with Gasteiger partial charge in [0.05, 0.1) is 29.1 Å². The molecule has 0 spiro atoms. The first-order valence-electron chi connectivity index (χ1n) is 20.4. The highest BCUT2D eigenvalue weighted by atomic mass is 79.9. The van der Waals surface area contributed by atoms with Gasteiger partial charge in [-0.25, -0.2) is 27.2 Å². The van der Waals surface area contributed by atoms with Crippen molar-refractivity contribution in [2.45, 2.75) is 34.0 Å². The van der Waals surface area contributed by atoms with E-state index in [2.05, 4.69) is 31.9 Å². The number of ether oxygens (including phenoxy) is 3. The van der Waals surface area contributed by atoms with Crippen molar-refractivity contribution in [2.75, 3.05) is 6.61 Å². The molecule has 66 heavy (non-hydrogen) atoms. The molecule has 0 unspecified atom stereocenters. The largest absolute Gasteiger partial charge is 0.488 e. The summed E-state index contributed by atoms with van der Waals surface area (Å²) in [6.07, 6.45) is 0. The van der Waals surface area contributed by atoms with Crippen molar-refractivity contribution in [3.63, 3.8) is 0 Å². The van der Waals surface area contributed by atoms with Crippen molar-refractivity contribution in [1.29, 1.82) is 0 Å². The maximum absolute atomic E-state index is 13.6. The van der Waals surface area contributed by atoms with E-state index in [9.17, 15) is 32.3 Å². The second-order valence-corrected chi connectivity index (χ2v) is 16.8. The zero-order chi connectivity index (χ0) is 47.1. The molecule has 6 aromatic carbocycles. The average Bonchev–Trinajstić information content (AvgIpc) is 3.87. The Morgan fingerprint density at radius 1 is 0.545 bits per heavy atom. The molecule has 1 N–H and O–H groups in total. The lowest BCUT2D eigenvalue weighted by Gasteiger charge is -2.17. The lowest BCUT2D eigenvalue weighted by atomic mass is 10.1. The van der Waals surface area contributed by atoms with Gasteiger partial charge in [0.1, 0.15) is 48.0 Å². The summed E-state index contributed by atoms with van der Waals surface area (Å²) in [4.78, 5) is 23.7. The van der Waals surface area contributed by atoms with Crippen molar-refractivity contribution >= 4 is 43.8 Å². The monoisotopic (exact) mass is 1020 g/mol. The van der Waals surface area contributed by atoms with Crippen LogP contribution in [0.4, 0.5) is 17.6 Å². The standard InChI is InChI=1S/C27H22BrF2NO3.C25H18BrF2NO3/c1-3-33-27(32)19-5-4-6-23(13-19)31-17(2)7-9-25(31)24-14-20(28)8-10-26(24)34-16-18-11-21(29)15-22(30)12-18;1-15-5-7-23(29(15)21-4-2-3-17(11-21)25(30)31)22-12-18(26)6-8-24(22)32-14-16-9-19(27)13-20(28)10-16/h4-15H,3,16H2,1-2H3;2-13H,14H2,1H3,(H,30,31). The Kier molecular flexibility index (Phi) is 14.9. The van der Waals surface area contributed by atoms with Crippen LogP contribution in [0.3, 0.4) is 0 Å². The van der Waals surface area contributed by atoms with Crippen molar-refractivity contribution in [3.8, 4) is 45.4 Å². The highest BCUT2D eigenvalue weighted by molar-refractivity contribution is 9.10. The van der Waals surface area contributed by atoms with Crippen molar-refractivity contribution in [3.05, 3.63) is 211 Å². The number of nitrogens with zero attached hydrogens (tertiary/aromatic N) is 2. The van der Waals surface area contributed by atoms with Crippen molar-refractivity contribution in [2.24, 2.45) is 0 Å². The molecule has 0 radical (unpaired) electrons. The smallest absolute Gasteiger partial charge is 0.338 e. The lowest BCUT2D eigenvalue weighted by molar-refractivity contribution is 0.0525. The van der Waals surface area contributed by atoms with E-state index in [1.807, 2.05) is 89.7 Å². The molecule has 0 atom stereocenters. The zero-order valence-corrected chi connectivity index (χ0v) is 38.8. The van der Waals surface area contributed by atoms with Crippen LogP contribution in [0.2, 0.25) is 0 Å². The number of hydrogen-bond acceptors (Lipinski definition) is 5. The van der Waals surface area contributed by atoms with Gasteiger partial charge in [-0.3, -0.25) is 0 Å². The number of aromatic nitrogens is 2. The summed E-state index contributed by atoms with van der Waals surface area (Å²) < 4.78 is 77.0. The zero-order valence-electron chi connectivity index (χ0n) is 35.6. The summed E-state index contributed by atoms with van der Waals surface area (Å²) in [5.41, 5.74) is 7.88. The minimum Gasteiger partial charge on any atom is -0.488 e. The first-order valence-corrected chi connectivity index (χ1v) is 22.0. The van der Waals surface area contributed by atoms with Crippen LogP contribution in [0.15, 0.2) is 155 Å². The molecule has 8 aromatic rings. The van der Waals surface area contributed by atoms with E-state index < -0.39 is 29.2 Å². The average molecular weight is 1020 g/mol. The molecule has 0 fully saturated rings. The Morgan fingerprint density at radius 2 is 0.970 bits per heavy atom. The van der Waals surface area contributed by atoms with E-state index >= 15 is 0 Å². The molecular weight excluding hydrogens is 984 g/mol. The van der Waals surface area contributed by atoms with E-state index in [-0.39, 0.29) is 24.7 Å². The molecule has 2 aromatic heterocycles. The van der Waals surface area contributed by atoms with Gasteiger partial charge < -0.3 is 28.5 Å². The van der Waals surface area contributed by atoms with Crippen molar-refractivity contribution in [1.82, 2.24) is 9.13 Å². The molecule has 2 heterocycles. The third kappa shape index (κ3) is 11.3. The summed E-state index contributed by atoms with van der Waals surface area (Å²) in [5, 5.41) is 9.37. The van der Waals surface area contributed by atoms with Crippen LogP contribution in [0.25, 0.3) is 33.9 Å². The summed E-state index contributed by atoms with van der Waals surface area (Å²) in [7, 11) is 0. The number of carbonyl (C=O) groups excluding carboxylic acids is 1. The quantitative estimate of drug-likeness (QED) is 0.0914. The van der Waals surface area contributed by atoms with Crippen LogP contribution < -0.4 is 9.47 Å². The Balaban J connectivity index is 0.000000197. The molecule has 0 aliphatic carbocycles. The molecule has 0 aliphatic rings. The number of esters is 1. The number of hydrogen-bond donors (Lipinski definition) is 1. The van der Waals surface area contributed by atoms with E-state index in [1.54, 1.807) is 43.3 Å². The molecule has 0 bridgehead atoms. The Labute approximate surface area is 394 Å². The third-order valence-electron chi connectivity index (χ3n) is 10.2. The van der Waals surface area contributed by atoms with Crippen LogP contribution in [-0.4, -0.2) is 32.8 Å². The van der Waals surface area contributed by atoms with Crippen LogP contribution in [0, 0.1) is 37.1 Å². The van der Waals surface area contributed by atoms with Crippen LogP contribution in [0.5, 0.6) is 11.5 Å². The molecular formula is C52H40Br2F4N2O6. The molecule has 14 heteroatoms. The summed E-state index contributed by atoms with van der Waals surface area (Å²) in [6, 6.07) is 39.3. The molecule has 0 amide bonds. The fourth-order valence-electron chi connectivity index (χ4n) is 7.31. The Morgan fingerprint density at radius 3 is 1.39 bits per heavy atom. The number of rotatable bonds is 13. The van der Waals surface area contributed by atoms with Gasteiger partial charge >= 0.3 is 11.9 Å². The molecule has 0 aliphatic heterocycles. The van der Waals surface area contributed by atoms with Gasteiger partial charge in [0.25, 0.3) is 0 Å². The third-order valence-corrected chi connectivity index (χ3v) is 11.2. The number of aryl methyl sites for hydroxylation is 2. The predicted octanol–water partition coefficient (Wildman–Crippen LogP) is 14.0. The van der Waals surface area contributed by atoms with Gasteiger partial charge in [-0.1, -0.05) is 44.0 Å². The minimum absolute atomic E-state index is 0.00134. The maximum Gasteiger partial charge on any atom is 0.338 e. The highest BCUT2D eigenvalue weighted by Gasteiger charge is 2.19. The van der Waals surface area contributed by atoms with E-state index in [1.165, 1.54) is 30.3 Å². The van der Waals surface area contributed by atoms with Gasteiger partial charge in [-0.05, 0) is 153 Å². The SMILES string of the molecule is CCOC(=O)c1cccc(-n2c(C)ccc2-c2cc(Br)ccc2OCc2cc(F)cc(F)c2)c1.Cc1ccc(-c2cc(Br)ccc2OCc2cc(F)cc(F)c2)n1-c1cccc(C(=O)O)c1. The molecule has 8 nitrogen and oxygen atoms in total. The van der Waals surface area contributed by atoms with E-state index in [0.717, 1.165) is 60.7 Å². The number of carbonyl (C=O) groups is 2. The second kappa shape index (κ2) is 20.9. The number of benzene rings is 6. The summed E-state index contributed by atoms with van der Waals surface area (Å²) >= 11 is 7.00. The predicted molar refractivity (Wildman–Crippen MR) is 252 cm³/mol. The first-order chi connectivity index (χ1) is 31.7. The minimum atomic E-state index is -1.01. The van der Waals surface area contributed by atoms with Gasteiger partial charge in [0, 0.05) is 55.0 Å². The van der Waals surface area contributed by atoms with Crippen LogP contribution >= 0.6 is 31.9 Å². The van der Waals surface area contributed by atoms with Gasteiger partial charge in [-0.2, -0.15) is 0 Å². The Bertz CT molecular complexity index is 3040.